The smallest absolute Gasteiger partial charge is 0.257 e. The maximum atomic E-state index is 13.6. The number of hydrogen-bond acceptors (Lipinski definition) is 5. The van der Waals surface area contributed by atoms with Gasteiger partial charge in [0.2, 0.25) is 5.91 Å². The minimum absolute atomic E-state index is 0.0592. The molecule has 1 fully saturated rings. The largest absolute Gasteiger partial charge is 0.319 e. The summed E-state index contributed by atoms with van der Waals surface area (Å²) >= 11 is 0. The van der Waals surface area contributed by atoms with Crippen molar-refractivity contribution in [1.29, 1.82) is 0 Å². The minimum Gasteiger partial charge on any atom is -0.319 e. The van der Waals surface area contributed by atoms with Crippen LogP contribution in [-0.2, 0) is 4.79 Å². The lowest BCUT2D eigenvalue weighted by Crippen LogP contribution is -2.47. The summed E-state index contributed by atoms with van der Waals surface area (Å²) in [5, 5.41) is 2.90. The van der Waals surface area contributed by atoms with E-state index in [1.807, 2.05) is 18.2 Å². The normalized spacial score (nSPS) is 16.5. The van der Waals surface area contributed by atoms with E-state index in [-0.39, 0.29) is 11.8 Å². The van der Waals surface area contributed by atoms with Gasteiger partial charge in [0.05, 0.1) is 16.9 Å². The Hall–Kier alpha value is -3.55. The summed E-state index contributed by atoms with van der Waals surface area (Å²) in [6.45, 7) is 14.3. The minimum atomic E-state index is -0.229. The number of carbonyl (C=O) groups excluding carboxylic acids is 2. The lowest BCUT2D eigenvalue weighted by Gasteiger charge is -2.34. The molecule has 4 rings (SSSR count). The van der Waals surface area contributed by atoms with Gasteiger partial charge in [-0.1, -0.05) is 47.1 Å². The van der Waals surface area contributed by atoms with Crippen LogP contribution in [0.1, 0.15) is 70.2 Å². The molecule has 2 aromatic rings. The molecule has 7 nitrogen and oxygen atoms in total. The van der Waals surface area contributed by atoms with Crippen LogP contribution in [-0.4, -0.2) is 65.9 Å². The second-order valence-corrected chi connectivity index (χ2v) is 11.4. The van der Waals surface area contributed by atoms with Crippen molar-refractivity contribution in [3.8, 4) is 0 Å². The molecular formula is C34H45N5O2. The second-order valence-electron chi connectivity index (χ2n) is 11.4. The average molecular weight is 556 g/mol. The first-order valence-corrected chi connectivity index (χ1v) is 14.9. The summed E-state index contributed by atoms with van der Waals surface area (Å²) < 4.78 is 0. The van der Waals surface area contributed by atoms with Crippen molar-refractivity contribution in [1.82, 2.24) is 14.8 Å². The molecule has 0 atom stereocenters. The Labute approximate surface area is 245 Å². The predicted octanol–water partition coefficient (Wildman–Crippen LogP) is 6.74. The monoisotopic (exact) mass is 555 g/mol. The standard InChI is InChI=1S/C34H45N5O2/c1-26(2)10-7-11-27(3)12-8-13-28(4)17-20-37-22-24-38(25-23-37)21-18-32(40)39-31-16-6-5-14-29(31)34(41)36-30-15-9-19-35-33(30)39/h5-6,9-10,12,14-17,19H,7-8,11,13,18,20-25H2,1-4H3,(H,36,41). The van der Waals surface area contributed by atoms with E-state index in [2.05, 4.69) is 66.0 Å². The van der Waals surface area contributed by atoms with Gasteiger partial charge in [-0.05, 0) is 77.6 Å². The van der Waals surface area contributed by atoms with Gasteiger partial charge in [-0.3, -0.25) is 19.4 Å². The molecule has 0 saturated carbocycles. The van der Waals surface area contributed by atoms with Crippen LogP contribution in [0.25, 0.3) is 0 Å². The fraction of sp³-hybridized carbons (Fsp3) is 0.441. The molecule has 41 heavy (non-hydrogen) atoms. The molecular weight excluding hydrogens is 510 g/mol. The van der Waals surface area contributed by atoms with Gasteiger partial charge < -0.3 is 10.2 Å². The highest BCUT2D eigenvalue weighted by Gasteiger charge is 2.30. The number of piperazine rings is 1. The number of carbonyl (C=O) groups is 2. The predicted molar refractivity (Wildman–Crippen MR) is 169 cm³/mol. The van der Waals surface area contributed by atoms with E-state index < -0.39 is 0 Å². The molecule has 218 valence electrons. The Kier molecular flexibility index (Phi) is 11.0. The highest BCUT2D eigenvalue weighted by atomic mass is 16.2. The number of rotatable bonds is 11. The number of allylic oxidation sites excluding steroid dienone is 5. The number of para-hydroxylation sites is 1. The van der Waals surface area contributed by atoms with Crippen LogP contribution in [0, 0.1) is 0 Å². The Morgan fingerprint density at radius 1 is 0.854 bits per heavy atom. The molecule has 0 unspecified atom stereocenters. The molecule has 1 saturated heterocycles. The van der Waals surface area contributed by atoms with Crippen LogP contribution in [0.5, 0.6) is 0 Å². The third kappa shape index (κ3) is 8.72. The highest BCUT2D eigenvalue weighted by Crippen LogP contribution is 2.36. The van der Waals surface area contributed by atoms with Crippen LogP contribution in [0.4, 0.5) is 17.2 Å². The molecule has 7 heteroatoms. The maximum absolute atomic E-state index is 13.6. The van der Waals surface area contributed by atoms with Crippen LogP contribution < -0.4 is 10.2 Å². The summed E-state index contributed by atoms with van der Waals surface area (Å²) in [6, 6.07) is 10.8. The number of pyridine rings is 1. The summed E-state index contributed by atoms with van der Waals surface area (Å²) in [6.07, 6.45) is 13.6. The summed E-state index contributed by atoms with van der Waals surface area (Å²) in [5.74, 6) is 0.181. The van der Waals surface area contributed by atoms with Gasteiger partial charge in [0.15, 0.2) is 5.82 Å². The van der Waals surface area contributed by atoms with Gasteiger partial charge >= 0.3 is 0 Å². The van der Waals surface area contributed by atoms with Crippen LogP contribution in [0.15, 0.2) is 77.5 Å². The van der Waals surface area contributed by atoms with E-state index in [1.165, 1.54) is 16.7 Å². The van der Waals surface area contributed by atoms with E-state index >= 15 is 0 Å². The van der Waals surface area contributed by atoms with Crippen molar-refractivity contribution in [2.24, 2.45) is 0 Å². The summed E-state index contributed by atoms with van der Waals surface area (Å²) in [5.41, 5.74) is 5.92. The zero-order valence-electron chi connectivity index (χ0n) is 25.2. The molecule has 0 radical (unpaired) electrons. The molecule has 0 aliphatic carbocycles. The third-order valence-electron chi connectivity index (χ3n) is 7.81. The van der Waals surface area contributed by atoms with Gasteiger partial charge in [0, 0.05) is 51.9 Å². The first-order chi connectivity index (χ1) is 19.8. The number of anilines is 3. The molecule has 1 aromatic carbocycles. The zero-order chi connectivity index (χ0) is 29.2. The van der Waals surface area contributed by atoms with Crippen LogP contribution in [0.3, 0.4) is 0 Å². The van der Waals surface area contributed by atoms with E-state index in [0.717, 1.165) is 58.4 Å². The van der Waals surface area contributed by atoms with E-state index in [1.54, 1.807) is 29.3 Å². The van der Waals surface area contributed by atoms with E-state index in [0.29, 0.717) is 35.7 Å². The quantitative estimate of drug-likeness (QED) is 0.311. The Balaban J connectivity index is 1.24. The lowest BCUT2D eigenvalue weighted by molar-refractivity contribution is -0.118. The van der Waals surface area contributed by atoms with Crippen molar-refractivity contribution in [2.45, 2.75) is 59.8 Å². The molecule has 2 aliphatic rings. The Bertz CT molecular complexity index is 1300. The third-order valence-corrected chi connectivity index (χ3v) is 7.81. The average Bonchev–Trinajstić information content (AvgIpc) is 3.09. The van der Waals surface area contributed by atoms with Crippen LogP contribution >= 0.6 is 0 Å². The number of benzene rings is 1. The van der Waals surface area contributed by atoms with Gasteiger partial charge in [-0.15, -0.1) is 0 Å². The van der Waals surface area contributed by atoms with Gasteiger partial charge in [0.25, 0.3) is 5.91 Å². The summed E-state index contributed by atoms with van der Waals surface area (Å²) in [7, 11) is 0. The first kappa shape index (κ1) is 30.4. The van der Waals surface area contributed by atoms with Crippen molar-refractivity contribution >= 4 is 29.0 Å². The van der Waals surface area contributed by atoms with Crippen LogP contribution in [0.2, 0.25) is 0 Å². The second kappa shape index (κ2) is 14.9. The molecule has 1 aromatic heterocycles. The van der Waals surface area contributed by atoms with E-state index in [9.17, 15) is 9.59 Å². The highest BCUT2D eigenvalue weighted by molar-refractivity contribution is 6.17. The number of amides is 2. The number of nitrogens with zero attached hydrogens (tertiary/aromatic N) is 4. The number of hydrogen-bond donors (Lipinski definition) is 1. The van der Waals surface area contributed by atoms with Gasteiger partial charge in [-0.25, -0.2) is 4.98 Å². The van der Waals surface area contributed by atoms with Crippen molar-refractivity contribution < 1.29 is 9.59 Å². The number of fused-ring (bicyclic) bond motifs is 2. The summed E-state index contributed by atoms with van der Waals surface area (Å²) in [4.78, 5) is 37.3. The lowest BCUT2D eigenvalue weighted by atomic mass is 10.1. The van der Waals surface area contributed by atoms with Crippen molar-refractivity contribution in [3.05, 3.63) is 83.1 Å². The number of aromatic nitrogens is 1. The molecule has 2 aliphatic heterocycles. The fourth-order valence-electron chi connectivity index (χ4n) is 5.27. The van der Waals surface area contributed by atoms with Crippen molar-refractivity contribution in [3.63, 3.8) is 0 Å². The Morgan fingerprint density at radius 3 is 2.29 bits per heavy atom. The molecule has 3 heterocycles. The fourth-order valence-corrected chi connectivity index (χ4v) is 5.27. The molecule has 0 bridgehead atoms. The maximum Gasteiger partial charge on any atom is 0.257 e. The first-order valence-electron chi connectivity index (χ1n) is 14.9. The molecule has 1 N–H and O–H groups in total. The van der Waals surface area contributed by atoms with Gasteiger partial charge in [-0.2, -0.15) is 0 Å². The SMILES string of the molecule is CC(C)=CCCC(C)=CCCC(C)=CCN1CCN(CCC(=O)N2c3ccccc3C(=O)Nc3cccnc32)CC1. The molecule has 0 spiro atoms. The zero-order valence-corrected chi connectivity index (χ0v) is 25.2. The number of nitrogens with one attached hydrogen (secondary N) is 1. The van der Waals surface area contributed by atoms with Gasteiger partial charge in [0.1, 0.15) is 0 Å². The molecule has 2 amide bonds. The van der Waals surface area contributed by atoms with Crippen molar-refractivity contribution in [2.75, 3.05) is 49.5 Å². The van der Waals surface area contributed by atoms with E-state index in [4.69, 9.17) is 0 Å². The Morgan fingerprint density at radius 2 is 1.54 bits per heavy atom. The topological polar surface area (TPSA) is 68.8 Å².